The number of ketones is 1. The van der Waals surface area contributed by atoms with Crippen LogP contribution in [0.4, 0.5) is 0 Å². The van der Waals surface area contributed by atoms with Crippen LogP contribution in [0.5, 0.6) is 0 Å². The summed E-state index contributed by atoms with van der Waals surface area (Å²) in [6.07, 6.45) is 6.69. The van der Waals surface area contributed by atoms with E-state index in [4.69, 9.17) is 4.74 Å². The van der Waals surface area contributed by atoms with Crippen LogP contribution in [0.2, 0.25) is 0 Å². The summed E-state index contributed by atoms with van der Waals surface area (Å²) in [5.74, 6) is 0.157. The van der Waals surface area contributed by atoms with Crippen molar-refractivity contribution in [1.29, 1.82) is 0 Å². The van der Waals surface area contributed by atoms with Crippen molar-refractivity contribution >= 4 is 17.8 Å². The van der Waals surface area contributed by atoms with E-state index in [-0.39, 0.29) is 11.8 Å². The molecule has 22 heavy (non-hydrogen) atoms. The predicted octanol–water partition coefficient (Wildman–Crippen LogP) is 2.13. The van der Waals surface area contributed by atoms with Crippen LogP contribution in [0.1, 0.15) is 35.6 Å². The molecule has 0 amide bonds. The van der Waals surface area contributed by atoms with Crippen LogP contribution in [-0.2, 0) is 16.1 Å². The van der Waals surface area contributed by atoms with Crippen molar-refractivity contribution < 1.29 is 18.9 Å². The van der Waals surface area contributed by atoms with Gasteiger partial charge in [0.2, 0.25) is 5.78 Å². The Balaban J connectivity index is 2.23. The van der Waals surface area contributed by atoms with Crippen LogP contribution in [0, 0.1) is 0 Å². The quantitative estimate of drug-likeness (QED) is 0.385. The Bertz CT molecular complexity index is 701. The van der Waals surface area contributed by atoms with Crippen molar-refractivity contribution in [2.75, 3.05) is 6.61 Å². The number of nitrogens with one attached hydrogen (secondary N) is 1. The van der Waals surface area contributed by atoms with Crippen LogP contribution in [0.25, 0.3) is 6.08 Å². The van der Waals surface area contributed by atoms with E-state index >= 15 is 0 Å². The molecule has 2 aromatic rings. The summed E-state index contributed by atoms with van der Waals surface area (Å²) in [6.45, 7) is 4.19. The number of rotatable bonds is 6. The Morgan fingerprint density at radius 1 is 1.32 bits per heavy atom. The first-order valence-corrected chi connectivity index (χ1v) is 7.12. The normalized spacial score (nSPS) is 10.8. The highest BCUT2D eigenvalue weighted by Crippen LogP contribution is 2.11. The molecule has 0 atom stereocenters. The Hall–Kier alpha value is -2.69. The molecule has 0 unspecified atom stereocenters. The Kier molecular flexibility index (Phi) is 5.25. The molecule has 5 heteroatoms. The summed E-state index contributed by atoms with van der Waals surface area (Å²) < 4.78 is 6.73. The molecule has 0 aliphatic rings. The van der Waals surface area contributed by atoms with Crippen molar-refractivity contribution in [3.63, 3.8) is 0 Å². The lowest BCUT2D eigenvalue weighted by molar-refractivity contribution is -0.688. The van der Waals surface area contributed by atoms with Crippen LogP contribution >= 0.6 is 0 Å². The minimum atomic E-state index is -0.365. The average Bonchev–Trinajstić information content (AvgIpc) is 2.95. The molecule has 0 aliphatic carbocycles. The number of Topliss-reactive ketones (excluding diaryl/α,β-unsaturated/α-hetero) is 1. The second kappa shape index (κ2) is 7.36. The lowest BCUT2D eigenvalue weighted by Crippen LogP contribution is -2.38. The third-order valence-corrected chi connectivity index (χ3v) is 3.18. The molecule has 0 fully saturated rings. The lowest BCUT2D eigenvalue weighted by Gasteiger charge is -2.04. The highest BCUT2D eigenvalue weighted by molar-refractivity contribution is 5.89. The largest absolute Gasteiger partial charge is 0.463 e. The molecule has 1 aromatic heterocycles. The average molecular weight is 299 g/mol. The van der Waals surface area contributed by atoms with E-state index < -0.39 is 0 Å². The molecular weight excluding hydrogens is 280 g/mol. The van der Waals surface area contributed by atoms with Gasteiger partial charge in [-0.05, 0) is 18.6 Å². The van der Waals surface area contributed by atoms with Crippen molar-refractivity contribution in [1.82, 2.24) is 4.98 Å². The molecule has 0 spiro atoms. The first-order chi connectivity index (χ1) is 10.6. The van der Waals surface area contributed by atoms with Crippen molar-refractivity contribution in [2.24, 2.45) is 0 Å². The summed E-state index contributed by atoms with van der Waals surface area (Å²) in [4.78, 5) is 25.9. The summed E-state index contributed by atoms with van der Waals surface area (Å²) in [6, 6.07) is 7.72. The second-order valence-corrected chi connectivity index (χ2v) is 4.78. The van der Waals surface area contributed by atoms with Gasteiger partial charge in [-0.1, -0.05) is 24.3 Å². The van der Waals surface area contributed by atoms with Gasteiger partial charge in [-0.15, -0.1) is 0 Å². The maximum atomic E-state index is 11.6. The molecule has 1 aromatic carbocycles. The zero-order valence-electron chi connectivity index (χ0n) is 12.7. The zero-order valence-corrected chi connectivity index (χ0v) is 12.7. The Labute approximate surface area is 129 Å². The molecule has 0 saturated carbocycles. The van der Waals surface area contributed by atoms with Gasteiger partial charge in [0.05, 0.1) is 6.61 Å². The molecule has 1 N–H and O–H groups in total. The van der Waals surface area contributed by atoms with Crippen LogP contribution in [-0.4, -0.2) is 23.3 Å². The van der Waals surface area contributed by atoms with Crippen LogP contribution in [0.3, 0.4) is 0 Å². The molecule has 114 valence electrons. The van der Waals surface area contributed by atoms with Crippen LogP contribution < -0.4 is 4.57 Å². The Morgan fingerprint density at radius 2 is 2.09 bits per heavy atom. The van der Waals surface area contributed by atoms with E-state index in [1.807, 2.05) is 35.0 Å². The monoisotopic (exact) mass is 299 g/mol. The Morgan fingerprint density at radius 3 is 2.82 bits per heavy atom. The maximum absolute atomic E-state index is 11.6. The van der Waals surface area contributed by atoms with E-state index in [0.717, 1.165) is 11.1 Å². The van der Waals surface area contributed by atoms with Gasteiger partial charge in [-0.2, -0.15) is 0 Å². The van der Waals surface area contributed by atoms with E-state index in [1.54, 1.807) is 19.2 Å². The molecule has 5 nitrogen and oxygen atoms in total. The van der Waals surface area contributed by atoms with Crippen molar-refractivity contribution in [3.05, 3.63) is 59.7 Å². The zero-order chi connectivity index (χ0) is 15.9. The topological polar surface area (TPSA) is 63.0 Å². The molecule has 0 saturated heterocycles. The molecule has 1 heterocycles. The minimum absolute atomic E-state index is 0.0236. The number of aromatic nitrogens is 2. The van der Waals surface area contributed by atoms with E-state index in [9.17, 15) is 9.59 Å². The van der Waals surface area contributed by atoms with Crippen LogP contribution in [0.15, 0.2) is 42.7 Å². The maximum Gasteiger partial charge on any atom is 0.330 e. The minimum Gasteiger partial charge on any atom is -0.463 e. The summed E-state index contributed by atoms with van der Waals surface area (Å²) >= 11 is 0. The standard InChI is InChI=1S/C17H18N2O3/c1-3-22-16(21)9-8-14-6-4-5-7-15(14)12-19-11-10-18-17(19)13(2)20/h4-11H,3,12H2,1-2H3/p+1. The van der Waals surface area contributed by atoms with Gasteiger partial charge in [-0.3, -0.25) is 4.79 Å². The molecule has 0 radical (unpaired) electrons. The number of benzene rings is 1. The van der Waals surface area contributed by atoms with E-state index in [0.29, 0.717) is 19.0 Å². The number of H-pyrrole nitrogens is 1. The number of imidazole rings is 1. The number of esters is 1. The van der Waals surface area contributed by atoms with Crippen molar-refractivity contribution in [3.8, 4) is 0 Å². The predicted molar refractivity (Wildman–Crippen MR) is 82.2 cm³/mol. The summed E-state index contributed by atoms with van der Waals surface area (Å²) in [5.41, 5.74) is 1.92. The summed E-state index contributed by atoms with van der Waals surface area (Å²) in [7, 11) is 0. The van der Waals surface area contributed by atoms with Gasteiger partial charge in [0, 0.05) is 18.6 Å². The SMILES string of the molecule is CCOC(=O)C=Cc1ccccc1C[n+]1cc[nH]c1C(C)=O. The third kappa shape index (κ3) is 3.91. The molecule has 2 rings (SSSR count). The van der Waals surface area contributed by atoms with Gasteiger partial charge in [0.25, 0.3) is 0 Å². The smallest absolute Gasteiger partial charge is 0.330 e. The van der Waals surface area contributed by atoms with Gasteiger partial charge in [0.1, 0.15) is 18.9 Å². The molecular formula is C17H19N2O3+. The molecule has 0 bridgehead atoms. The third-order valence-electron chi connectivity index (χ3n) is 3.18. The fourth-order valence-corrected chi connectivity index (χ4v) is 2.17. The van der Waals surface area contributed by atoms with Gasteiger partial charge in [0.15, 0.2) is 0 Å². The first kappa shape index (κ1) is 15.7. The van der Waals surface area contributed by atoms with E-state index in [1.165, 1.54) is 13.0 Å². The number of nitrogens with zero attached hydrogens (tertiary/aromatic N) is 1. The number of hydrogen-bond donors (Lipinski definition) is 1. The number of carbonyl (C=O) groups excluding carboxylic acids is 2. The molecule has 0 aliphatic heterocycles. The second-order valence-electron chi connectivity index (χ2n) is 4.78. The highest BCUT2D eigenvalue weighted by atomic mass is 16.5. The van der Waals surface area contributed by atoms with Gasteiger partial charge in [-0.25, -0.2) is 14.3 Å². The lowest BCUT2D eigenvalue weighted by atomic mass is 10.1. The van der Waals surface area contributed by atoms with Gasteiger partial charge >= 0.3 is 11.8 Å². The number of carbonyl (C=O) groups is 2. The number of hydrogen-bond acceptors (Lipinski definition) is 3. The fraction of sp³-hybridized carbons (Fsp3) is 0.235. The van der Waals surface area contributed by atoms with Gasteiger partial charge < -0.3 is 4.74 Å². The highest BCUT2D eigenvalue weighted by Gasteiger charge is 2.16. The number of ether oxygens (including phenoxy) is 1. The first-order valence-electron chi connectivity index (χ1n) is 7.12. The number of aromatic amines is 1. The van der Waals surface area contributed by atoms with Crippen molar-refractivity contribution in [2.45, 2.75) is 20.4 Å². The summed E-state index contributed by atoms with van der Waals surface area (Å²) in [5, 5.41) is 0. The fourth-order valence-electron chi connectivity index (χ4n) is 2.17. The van der Waals surface area contributed by atoms with E-state index in [2.05, 4.69) is 4.98 Å².